The third kappa shape index (κ3) is 3.93. The van der Waals surface area contributed by atoms with Crippen LogP contribution in [-0.2, 0) is 19.1 Å². The first kappa shape index (κ1) is 25.0. The first-order chi connectivity index (χ1) is 15.6. The largest absolute Gasteiger partial charge is 0.479 e. The summed E-state index contributed by atoms with van der Waals surface area (Å²) in [5.74, 6) is 1.80. The molecule has 4 aliphatic rings. The molecule has 0 aromatic carbocycles. The molecule has 4 aliphatic carbocycles. The summed E-state index contributed by atoms with van der Waals surface area (Å²) in [4.78, 5) is 25.9. The van der Waals surface area contributed by atoms with Crippen molar-refractivity contribution in [3.05, 3.63) is 11.6 Å². The molecule has 4 nitrogen and oxygen atoms in total. The fourth-order valence-corrected chi connectivity index (χ4v) is 8.07. The Morgan fingerprint density at radius 1 is 1.00 bits per heavy atom. The second kappa shape index (κ2) is 9.14. The molecule has 0 aromatic rings. The second-order valence-electron chi connectivity index (χ2n) is 11.1. The van der Waals surface area contributed by atoms with E-state index in [0.29, 0.717) is 59.3 Å². The molecule has 3 fully saturated rings. The lowest BCUT2D eigenvalue weighted by molar-refractivity contribution is -0.160. The summed E-state index contributed by atoms with van der Waals surface area (Å²) in [7, 11) is 0. The van der Waals surface area contributed by atoms with Gasteiger partial charge in [-0.25, -0.2) is 0 Å². The molecule has 0 radical (unpaired) electrons. The third-order valence-corrected chi connectivity index (χ3v) is 10.5. The summed E-state index contributed by atoms with van der Waals surface area (Å²) in [6.45, 7) is 8.54. The molecule has 6 atom stereocenters. The Morgan fingerprint density at radius 2 is 1.70 bits per heavy atom. The SMILES string of the molecule is CCC(=S)OCC(=O)[C@@]1(OC(=S)CC)CC[C@H]2[C@@H]3CCC4=CC(=O)CC[C@]4(C)[C@H]3CC[C@@]21C. The van der Waals surface area contributed by atoms with Gasteiger partial charge in [-0.2, -0.15) is 0 Å². The van der Waals surface area contributed by atoms with Crippen LogP contribution in [0.4, 0.5) is 0 Å². The van der Waals surface area contributed by atoms with Crippen molar-refractivity contribution < 1.29 is 19.1 Å². The van der Waals surface area contributed by atoms with Gasteiger partial charge < -0.3 is 9.47 Å². The molecule has 0 N–H and O–H groups in total. The van der Waals surface area contributed by atoms with Crippen LogP contribution >= 0.6 is 24.4 Å². The van der Waals surface area contributed by atoms with Crippen molar-refractivity contribution in [2.24, 2.45) is 28.6 Å². The number of fused-ring (bicyclic) bond motifs is 5. The highest BCUT2D eigenvalue weighted by Crippen LogP contribution is 2.68. The fraction of sp³-hybridized carbons (Fsp3) is 0.778. The van der Waals surface area contributed by atoms with Gasteiger partial charge in [-0.1, -0.05) is 33.3 Å². The summed E-state index contributed by atoms with van der Waals surface area (Å²) in [5.41, 5.74) is 0.278. The lowest BCUT2D eigenvalue weighted by Gasteiger charge is -2.59. The molecule has 0 unspecified atom stereocenters. The lowest BCUT2D eigenvalue weighted by atomic mass is 9.46. The molecule has 33 heavy (non-hydrogen) atoms. The minimum absolute atomic E-state index is 0.0107. The number of hydrogen-bond acceptors (Lipinski definition) is 6. The number of ketones is 2. The van der Waals surface area contributed by atoms with Crippen LogP contribution in [0.2, 0.25) is 0 Å². The van der Waals surface area contributed by atoms with Crippen LogP contribution in [0, 0.1) is 28.6 Å². The van der Waals surface area contributed by atoms with Crippen molar-refractivity contribution in [1.29, 1.82) is 0 Å². The zero-order valence-corrected chi connectivity index (χ0v) is 22.2. The van der Waals surface area contributed by atoms with Crippen molar-refractivity contribution in [2.45, 2.75) is 97.5 Å². The molecular formula is C27H38O4S2. The number of ether oxygens (including phenoxy) is 2. The Hall–Kier alpha value is -1.14. The fourth-order valence-electron chi connectivity index (χ4n) is 7.87. The third-order valence-electron chi connectivity index (χ3n) is 9.76. The molecule has 0 amide bonds. The van der Waals surface area contributed by atoms with Crippen LogP contribution in [-0.4, -0.2) is 33.9 Å². The molecule has 4 rings (SSSR count). The van der Waals surface area contributed by atoms with E-state index in [1.165, 1.54) is 5.57 Å². The van der Waals surface area contributed by atoms with Gasteiger partial charge in [0.05, 0.1) is 0 Å². The van der Waals surface area contributed by atoms with E-state index in [1.54, 1.807) is 0 Å². The van der Waals surface area contributed by atoms with Crippen LogP contribution in [0.25, 0.3) is 0 Å². The molecule has 0 bridgehead atoms. The molecule has 0 aliphatic heterocycles. The van der Waals surface area contributed by atoms with E-state index < -0.39 is 5.60 Å². The molecule has 3 saturated carbocycles. The lowest BCUT2D eigenvalue weighted by Crippen LogP contribution is -2.59. The maximum atomic E-state index is 13.8. The smallest absolute Gasteiger partial charge is 0.214 e. The van der Waals surface area contributed by atoms with Gasteiger partial charge >= 0.3 is 0 Å². The number of hydrogen-bond donors (Lipinski definition) is 0. The van der Waals surface area contributed by atoms with E-state index in [9.17, 15) is 9.59 Å². The highest BCUT2D eigenvalue weighted by molar-refractivity contribution is 7.80. The van der Waals surface area contributed by atoms with E-state index in [1.807, 2.05) is 19.9 Å². The highest BCUT2D eigenvalue weighted by atomic mass is 32.1. The van der Waals surface area contributed by atoms with E-state index in [4.69, 9.17) is 33.9 Å². The van der Waals surface area contributed by atoms with E-state index in [-0.39, 0.29) is 23.2 Å². The number of carbonyl (C=O) groups excluding carboxylic acids is 2. The summed E-state index contributed by atoms with van der Waals surface area (Å²) in [6.07, 6.45) is 10.6. The Morgan fingerprint density at radius 3 is 2.39 bits per heavy atom. The van der Waals surface area contributed by atoms with E-state index >= 15 is 0 Å². The molecular weight excluding hydrogens is 452 g/mol. The molecule has 0 spiro atoms. The summed E-state index contributed by atoms with van der Waals surface area (Å²) >= 11 is 10.7. The monoisotopic (exact) mass is 490 g/mol. The van der Waals surface area contributed by atoms with Crippen LogP contribution in [0.3, 0.4) is 0 Å². The molecule has 6 heteroatoms. The van der Waals surface area contributed by atoms with Gasteiger partial charge in [-0.3, -0.25) is 9.59 Å². The first-order valence-electron chi connectivity index (χ1n) is 12.8. The average Bonchev–Trinajstić information content (AvgIpc) is 3.10. The van der Waals surface area contributed by atoms with Gasteiger partial charge in [-0.05, 0) is 98.6 Å². The van der Waals surface area contributed by atoms with Gasteiger partial charge in [0.1, 0.15) is 0 Å². The quantitative estimate of drug-likeness (QED) is 0.405. The molecule has 0 aromatic heterocycles. The zero-order chi connectivity index (χ0) is 24.0. The van der Waals surface area contributed by atoms with Crippen molar-refractivity contribution in [3.63, 3.8) is 0 Å². The van der Waals surface area contributed by atoms with Crippen molar-refractivity contribution >= 4 is 46.1 Å². The minimum atomic E-state index is -0.932. The maximum Gasteiger partial charge on any atom is 0.214 e. The van der Waals surface area contributed by atoms with Crippen LogP contribution in [0.5, 0.6) is 0 Å². The zero-order valence-electron chi connectivity index (χ0n) is 20.5. The Kier molecular flexibility index (Phi) is 6.92. The minimum Gasteiger partial charge on any atom is -0.479 e. The number of Topliss-reactive ketones (excluding diaryl/α,β-unsaturated/α-hetero) is 1. The topological polar surface area (TPSA) is 52.6 Å². The predicted molar refractivity (Wildman–Crippen MR) is 137 cm³/mol. The maximum absolute atomic E-state index is 13.8. The Balaban J connectivity index is 1.65. The van der Waals surface area contributed by atoms with Crippen LogP contribution in [0.1, 0.15) is 91.9 Å². The van der Waals surface area contributed by atoms with Crippen LogP contribution < -0.4 is 0 Å². The Bertz CT molecular complexity index is 895. The van der Waals surface area contributed by atoms with Gasteiger partial charge in [0.25, 0.3) is 0 Å². The molecule has 0 heterocycles. The number of allylic oxidation sites excluding steroid dienone is 1. The summed E-state index contributed by atoms with van der Waals surface area (Å²) < 4.78 is 12.1. The molecule has 0 saturated heterocycles. The highest BCUT2D eigenvalue weighted by Gasteiger charge is 2.68. The summed E-state index contributed by atoms with van der Waals surface area (Å²) in [6, 6.07) is 0. The van der Waals surface area contributed by atoms with Gasteiger partial charge in [0.2, 0.25) is 5.78 Å². The van der Waals surface area contributed by atoms with Gasteiger partial charge in [0.15, 0.2) is 28.1 Å². The molecule has 182 valence electrons. The normalized spacial score (nSPS) is 39.6. The van der Waals surface area contributed by atoms with Crippen molar-refractivity contribution in [2.75, 3.05) is 6.61 Å². The number of rotatable bonds is 6. The summed E-state index contributed by atoms with van der Waals surface area (Å²) in [5, 5.41) is 0.975. The van der Waals surface area contributed by atoms with E-state index in [2.05, 4.69) is 13.8 Å². The second-order valence-corrected chi connectivity index (χ2v) is 12.0. The first-order valence-corrected chi connectivity index (χ1v) is 13.6. The standard InChI is InChI=1S/C27H38O4S2/c1-5-23(32)30-16-22(29)27(31-24(33)6-2)14-11-21-19-8-7-17-15-18(28)9-12-25(17,3)20(19)10-13-26(21,27)4/h15,19-21H,5-14,16H2,1-4H3/t19-,20+,21+,25+,26+,27+/m1/s1. The number of carbonyl (C=O) groups is 2. The number of thiocarbonyl (C=S) groups is 2. The van der Waals surface area contributed by atoms with Crippen molar-refractivity contribution in [3.8, 4) is 0 Å². The van der Waals surface area contributed by atoms with Crippen molar-refractivity contribution in [1.82, 2.24) is 0 Å². The van der Waals surface area contributed by atoms with E-state index in [0.717, 1.165) is 38.5 Å². The Labute approximate surface area is 209 Å². The predicted octanol–water partition coefficient (Wildman–Crippen LogP) is 6.33. The van der Waals surface area contributed by atoms with Gasteiger partial charge in [-0.15, -0.1) is 0 Å². The van der Waals surface area contributed by atoms with Gasteiger partial charge in [0, 0.05) is 24.7 Å². The van der Waals surface area contributed by atoms with Crippen LogP contribution in [0.15, 0.2) is 11.6 Å². The average molecular weight is 491 g/mol.